The molecule has 3 amide bonds. The molecule has 2 aromatic rings. The number of anilines is 2. The van der Waals surface area contributed by atoms with Gasteiger partial charge in [-0.05, 0) is 37.1 Å². The molecule has 0 unspecified atom stereocenters. The largest absolute Gasteiger partial charge is 0.355 e. The maximum absolute atomic E-state index is 12.2. The summed E-state index contributed by atoms with van der Waals surface area (Å²) in [7, 11) is 0. The number of amides is 3. The normalized spacial score (nSPS) is 16.7. The number of rotatable bonds is 5. The quantitative estimate of drug-likeness (QED) is 0.797. The summed E-state index contributed by atoms with van der Waals surface area (Å²) in [5.74, 6) is -0.133. The summed E-state index contributed by atoms with van der Waals surface area (Å²) in [5.41, 5.74) is 2.11. The lowest BCUT2D eigenvalue weighted by atomic mass is 10.1. The van der Waals surface area contributed by atoms with Crippen LogP contribution in [0, 0.1) is 0 Å². The third kappa shape index (κ3) is 3.85. The molecule has 2 aliphatic rings. The topological polar surface area (TPSA) is 95.5 Å². The van der Waals surface area contributed by atoms with E-state index in [2.05, 4.69) is 20.4 Å². The molecule has 0 radical (unpaired) electrons. The SMILES string of the molecule is O=C(CN1C(=O)CCC1=O)Nc1cccc(-c2ccc(N3CCCC3)nn2)c1. The van der Waals surface area contributed by atoms with Crippen LogP contribution in [0.4, 0.5) is 11.5 Å². The molecule has 0 atom stereocenters. The molecular weight excluding hydrogens is 358 g/mol. The van der Waals surface area contributed by atoms with Crippen LogP contribution in [0.25, 0.3) is 11.3 Å². The Balaban J connectivity index is 1.43. The predicted octanol–water partition coefficient (Wildman–Crippen LogP) is 1.83. The second-order valence-corrected chi connectivity index (χ2v) is 6.97. The van der Waals surface area contributed by atoms with Crippen LogP contribution >= 0.6 is 0 Å². The van der Waals surface area contributed by atoms with Gasteiger partial charge in [0.05, 0.1) is 5.69 Å². The molecule has 0 saturated carbocycles. The molecule has 144 valence electrons. The van der Waals surface area contributed by atoms with Gasteiger partial charge in [0.1, 0.15) is 6.54 Å². The molecule has 8 nitrogen and oxygen atoms in total. The lowest BCUT2D eigenvalue weighted by molar-refractivity contribution is -0.141. The van der Waals surface area contributed by atoms with Crippen molar-refractivity contribution in [3.8, 4) is 11.3 Å². The van der Waals surface area contributed by atoms with Gasteiger partial charge < -0.3 is 10.2 Å². The minimum atomic E-state index is -0.406. The number of likely N-dealkylation sites (tertiary alicyclic amines) is 1. The minimum absolute atomic E-state index is 0.174. The molecule has 28 heavy (non-hydrogen) atoms. The Morgan fingerprint density at radius 1 is 1.00 bits per heavy atom. The number of aromatic nitrogens is 2. The predicted molar refractivity (Wildman–Crippen MR) is 103 cm³/mol. The van der Waals surface area contributed by atoms with Crippen molar-refractivity contribution < 1.29 is 14.4 Å². The van der Waals surface area contributed by atoms with E-state index in [1.807, 2.05) is 24.3 Å². The molecule has 4 rings (SSSR count). The van der Waals surface area contributed by atoms with E-state index in [4.69, 9.17) is 0 Å². The first-order valence-corrected chi connectivity index (χ1v) is 9.42. The number of imide groups is 1. The van der Waals surface area contributed by atoms with Crippen molar-refractivity contribution in [3.63, 3.8) is 0 Å². The van der Waals surface area contributed by atoms with Crippen molar-refractivity contribution in [2.75, 3.05) is 29.9 Å². The second-order valence-electron chi connectivity index (χ2n) is 6.97. The summed E-state index contributed by atoms with van der Waals surface area (Å²) in [4.78, 5) is 38.7. The van der Waals surface area contributed by atoms with E-state index in [1.54, 1.807) is 12.1 Å². The van der Waals surface area contributed by atoms with Gasteiger partial charge in [0.15, 0.2) is 5.82 Å². The average molecular weight is 379 g/mol. The Labute approximate surface area is 162 Å². The summed E-state index contributed by atoms with van der Waals surface area (Å²) in [6, 6.07) is 11.1. The average Bonchev–Trinajstić information content (AvgIpc) is 3.35. The Morgan fingerprint density at radius 2 is 1.75 bits per heavy atom. The fraction of sp³-hybridized carbons (Fsp3) is 0.350. The lowest BCUT2D eigenvalue weighted by Crippen LogP contribution is -2.36. The van der Waals surface area contributed by atoms with Gasteiger partial charge in [0, 0.05) is 37.2 Å². The fourth-order valence-corrected chi connectivity index (χ4v) is 3.49. The standard InChI is InChI=1S/C20H21N5O3/c26-18(13-25-19(27)8-9-20(25)28)21-15-5-3-4-14(12-15)16-6-7-17(23-22-16)24-10-1-2-11-24/h3-7,12H,1-2,8-11,13H2,(H,21,26). The number of carbonyl (C=O) groups is 3. The highest BCUT2D eigenvalue weighted by atomic mass is 16.2. The Bertz CT molecular complexity index is 890. The monoisotopic (exact) mass is 379 g/mol. The van der Waals surface area contributed by atoms with Crippen molar-refractivity contribution in [2.45, 2.75) is 25.7 Å². The van der Waals surface area contributed by atoms with Gasteiger partial charge in [-0.3, -0.25) is 19.3 Å². The van der Waals surface area contributed by atoms with Crippen LogP contribution in [-0.4, -0.2) is 52.5 Å². The van der Waals surface area contributed by atoms with Gasteiger partial charge in [-0.2, -0.15) is 0 Å². The van der Waals surface area contributed by atoms with E-state index in [0.29, 0.717) is 11.4 Å². The Hall–Kier alpha value is -3.29. The van der Waals surface area contributed by atoms with Gasteiger partial charge >= 0.3 is 0 Å². The van der Waals surface area contributed by atoms with Crippen molar-refractivity contribution in [1.82, 2.24) is 15.1 Å². The first kappa shape index (κ1) is 18.1. The Morgan fingerprint density at radius 3 is 2.43 bits per heavy atom. The zero-order chi connectivity index (χ0) is 19.5. The molecule has 2 fully saturated rings. The number of nitrogens with one attached hydrogen (secondary N) is 1. The number of nitrogens with zero attached hydrogens (tertiary/aromatic N) is 4. The smallest absolute Gasteiger partial charge is 0.244 e. The molecule has 1 N–H and O–H groups in total. The van der Waals surface area contributed by atoms with Gasteiger partial charge in [-0.15, -0.1) is 10.2 Å². The summed E-state index contributed by atoms with van der Waals surface area (Å²) in [6.45, 7) is 1.77. The summed E-state index contributed by atoms with van der Waals surface area (Å²) in [6.07, 6.45) is 2.71. The maximum Gasteiger partial charge on any atom is 0.244 e. The Kier molecular flexibility index (Phi) is 5.01. The fourth-order valence-electron chi connectivity index (χ4n) is 3.49. The minimum Gasteiger partial charge on any atom is -0.355 e. The van der Waals surface area contributed by atoms with E-state index in [-0.39, 0.29) is 31.2 Å². The highest BCUT2D eigenvalue weighted by Gasteiger charge is 2.30. The molecule has 0 bridgehead atoms. The molecule has 1 aromatic carbocycles. The van der Waals surface area contributed by atoms with Crippen LogP contribution in [0.5, 0.6) is 0 Å². The summed E-state index contributed by atoms with van der Waals surface area (Å²) < 4.78 is 0. The van der Waals surface area contributed by atoms with Crippen molar-refractivity contribution in [3.05, 3.63) is 36.4 Å². The zero-order valence-electron chi connectivity index (χ0n) is 15.4. The van der Waals surface area contributed by atoms with Crippen molar-refractivity contribution in [2.24, 2.45) is 0 Å². The van der Waals surface area contributed by atoms with E-state index in [0.717, 1.165) is 29.4 Å². The molecular formula is C20H21N5O3. The van der Waals surface area contributed by atoms with E-state index in [1.165, 1.54) is 12.8 Å². The van der Waals surface area contributed by atoms with Crippen LogP contribution in [-0.2, 0) is 14.4 Å². The third-order valence-electron chi connectivity index (χ3n) is 4.98. The molecule has 0 aliphatic carbocycles. The first-order valence-electron chi connectivity index (χ1n) is 9.42. The van der Waals surface area contributed by atoms with Gasteiger partial charge in [0.2, 0.25) is 17.7 Å². The molecule has 2 saturated heterocycles. The van der Waals surface area contributed by atoms with Crippen LogP contribution in [0.15, 0.2) is 36.4 Å². The maximum atomic E-state index is 12.2. The number of carbonyl (C=O) groups excluding carboxylic acids is 3. The van der Waals surface area contributed by atoms with E-state index < -0.39 is 5.91 Å². The lowest BCUT2D eigenvalue weighted by Gasteiger charge is -2.15. The second kappa shape index (κ2) is 7.75. The number of benzene rings is 1. The number of hydrogen-bond donors (Lipinski definition) is 1. The van der Waals surface area contributed by atoms with Crippen LogP contribution < -0.4 is 10.2 Å². The van der Waals surface area contributed by atoms with Crippen LogP contribution in [0.2, 0.25) is 0 Å². The summed E-state index contributed by atoms with van der Waals surface area (Å²) in [5, 5.41) is 11.4. The van der Waals surface area contributed by atoms with Crippen LogP contribution in [0.1, 0.15) is 25.7 Å². The molecule has 8 heteroatoms. The van der Waals surface area contributed by atoms with Crippen molar-refractivity contribution >= 4 is 29.2 Å². The van der Waals surface area contributed by atoms with Gasteiger partial charge in [-0.25, -0.2) is 0 Å². The zero-order valence-corrected chi connectivity index (χ0v) is 15.4. The van der Waals surface area contributed by atoms with E-state index >= 15 is 0 Å². The first-order chi connectivity index (χ1) is 13.6. The van der Waals surface area contributed by atoms with Crippen LogP contribution in [0.3, 0.4) is 0 Å². The number of hydrogen-bond acceptors (Lipinski definition) is 6. The summed E-state index contributed by atoms with van der Waals surface area (Å²) >= 11 is 0. The highest BCUT2D eigenvalue weighted by Crippen LogP contribution is 2.23. The molecule has 3 heterocycles. The van der Waals surface area contributed by atoms with E-state index in [9.17, 15) is 14.4 Å². The third-order valence-corrected chi connectivity index (χ3v) is 4.98. The van der Waals surface area contributed by atoms with Gasteiger partial charge in [-0.1, -0.05) is 12.1 Å². The van der Waals surface area contributed by atoms with Crippen molar-refractivity contribution in [1.29, 1.82) is 0 Å². The van der Waals surface area contributed by atoms with Gasteiger partial charge in [0.25, 0.3) is 0 Å². The molecule has 1 aromatic heterocycles. The highest BCUT2D eigenvalue weighted by molar-refractivity contribution is 6.06. The molecule has 0 spiro atoms. The molecule has 2 aliphatic heterocycles.